The van der Waals surface area contributed by atoms with Crippen LogP contribution in [0.4, 0.5) is 29.1 Å². The fraction of sp³-hybridized carbons (Fsp3) is 0.478. The molecule has 3 heterocycles. The number of hydrogen-bond acceptors (Lipinski definition) is 5. The Labute approximate surface area is 194 Å². The summed E-state index contributed by atoms with van der Waals surface area (Å²) in [6, 6.07) is 7.88. The van der Waals surface area contributed by atoms with Crippen molar-refractivity contribution in [3.8, 4) is 0 Å². The molecule has 34 heavy (non-hydrogen) atoms. The predicted molar refractivity (Wildman–Crippen MR) is 116 cm³/mol. The molecule has 2 aromatic rings. The number of carbonyl (C=O) groups is 2. The van der Waals surface area contributed by atoms with Crippen LogP contribution >= 0.6 is 0 Å². The molecule has 1 aromatic carbocycles. The van der Waals surface area contributed by atoms with Crippen LogP contribution in [-0.4, -0.2) is 59.3 Å². The number of amides is 2. The van der Waals surface area contributed by atoms with Gasteiger partial charge in [-0.1, -0.05) is 6.07 Å². The van der Waals surface area contributed by atoms with E-state index in [1.807, 2.05) is 0 Å². The van der Waals surface area contributed by atoms with E-state index in [2.05, 4.69) is 15.5 Å². The van der Waals surface area contributed by atoms with Gasteiger partial charge in [0.05, 0.1) is 18.0 Å². The van der Waals surface area contributed by atoms with Gasteiger partial charge in [0.15, 0.2) is 5.82 Å². The second-order valence-corrected chi connectivity index (χ2v) is 8.59. The lowest BCUT2D eigenvalue weighted by Crippen LogP contribution is -2.51. The van der Waals surface area contributed by atoms with Crippen molar-refractivity contribution in [1.82, 2.24) is 20.4 Å². The number of nitrogens with zero attached hydrogens (tertiary/aromatic N) is 4. The van der Waals surface area contributed by atoms with Crippen molar-refractivity contribution in [3.05, 3.63) is 47.9 Å². The molecular weight excluding hydrogens is 454 g/mol. The Morgan fingerprint density at radius 3 is 2.44 bits per heavy atom. The molecule has 4 rings (SSSR count). The molecule has 2 aliphatic rings. The topological polar surface area (TPSA) is 78.4 Å². The molecule has 182 valence electrons. The van der Waals surface area contributed by atoms with Gasteiger partial charge in [0, 0.05) is 38.8 Å². The summed E-state index contributed by atoms with van der Waals surface area (Å²) in [5, 5.41) is 10.9. The van der Waals surface area contributed by atoms with Crippen molar-refractivity contribution < 1.29 is 27.2 Å². The van der Waals surface area contributed by atoms with E-state index in [9.17, 15) is 22.8 Å². The number of halogens is 4. The SMILES string of the molecule is O=C(CCC(F)(F)F)N1CCC(c2ccc(N(C(=O)C3CNC3)c3cccnn3)cc2F)CC1. The van der Waals surface area contributed by atoms with Crippen molar-refractivity contribution in [1.29, 1.82) is 0 Å². The maximum absolute atomic E-state index is 15.2. The van der Waals surface area contributed by atoms with Gasteiger partial charge >= 0.3 is 6.18 Å². The summed E-state index contributed by atoms with van der Waals surface area (Å²) in [5.74, 6) is -1.31. The maximum Gasteiger partial charge on any atom is 0.389 e. The highest BCUT2D eigenvalue weighted by molar-refractivity contribution is 6.01. The second-order valence-electron chi connectivity index (χ2n) is 8.59. The van der Waals surface area contributed by atoms with Gasteiger partial charge in [-0.05, 0) is 48.6 Å². The normalized spacial score (nSPS) is 17.4. The number of carbonyl (C=O) groups excluding carboxylic acids is 2. The zero-order valence-corrected chi connectivity index (χ0v) is 18.4. The third kappa shape index (κ3) is 5.52. The molecule has 0 radical (unpaired) electrons. The fourth-order valence-electron chi connectivity index (χ4n) is 4.26. The van der Waals surface area contributed by atoms with Crippen molar-refractivity contribution in [2.24, 2.45) is 5.92 Å². The molecule has 0 spiro atoms. The molecule has 1 N–H and O–H groups in total. The first kappa shape index (κ1) is 24.1. The van der Waals surface area contributed by atoms with Crippen LogP contribution in [0.5, 0.6) is 0 Å². The minimum absolute atomic E-state index is 0.169. The van der Waals surface area contributed by atoms with E-state index >= 15 is 4.39 Å². The van der Waals surface area contributed by atoms with Crippen molar-refractivity contribution in [2.45, 2.75) is 37.8 Å². The lowest BCUT2D eigenvalue weighted by molar-refractivity contribution is -0.149. The first-order valence-electron chi connectivity index (χ1n) is 11.2. The average Bonchev–Trinajstić information content (AvgIpc) is 2.77. The highest BCUT2D eigenvalue weighted by Crippen LogP contribution is 2.34. The predicted octanol–water partition coefficient (Wildman–Crippen LogP) is 3.55. The molecular formula is C23H25F4N5O2. The Kier molecular flexibility index (Phi) is 7.11. The summed E-state index contributed by atoms with van der Waals surface area (Å²) in [6.07, 6.45) is -3.68. The molecule has 0 atom stereocenters. The van der Waals surface area contributed by atoms with Gasteiger partial charge < -0.3 is 10.2 Å². The molecule has 2 saturated heterocycles. The van der Waals surface area contributed by atoms with Gasteiger partial charge in [-0.15, -0.1) is 5.10 Å². The van der Waals surface area contributed by atoms with E-state index in [0.717, 1.165) is 0 Å². The monoisotopic (exact) mass is 479 g/mol. The second kappa shape index (κ2) is 10.0. The largest absolute Gasteiger partial charge is 0.389 e. The zero-order chi connectivity index (χ0) is 24.3. The fourth-order valence-corrected chi connectivity index (χ4v) is 4.26. The number of anilines is 2. The van der Waals surface area contributed by atoms with Crippen LogP contribution in [0.2, 0.25) is 0 Å². The van der Waals surface area contributed by atoms with Crippen LogP contribution in [0.25, 0.3) is 0 Å². The Morgan fingerprint density at radius 1 is 1.15 bits per heavy atom. The van der Waals surface area contributed by atoms with E-state index < -0.39 is 30.7 Å². The molecule has 2 fully saturated rings. The van der Waals surface area contributed by atoms with Crippen molar-refractivity contribution in [2.75, 3.05) is 31.1 Å². The van der Waals surface area contributed by atoms with Gasteiger partial charge in [0.2, 0.25) is 11.8 Å². The highest BCUT2D eigenvalue weighted by Gasteiger charge is 2.33. The third-order valence-electron chi connectivity index (χ3n) is 6.29. The summed E-state index contributed by atoms with van der Waals surface area (Å²) < 4.78 is 52.3. The number of piperidine rings is 1. The molecule has 0 unspecified atom stereocenters. The summed E-state index contributed by atoms with van der Waals surface area (Å²) in [5.41, 5.74) is 0.807. The smallest absolute Gasteiger partial charge is 0.343 e. The van der Waals surface area contributed by atoms with Crippen LogP contribution in [0.15, 0.2) is 36.5 Å². The summed E-state index contributed by atoms with van der Waals surface area (Å²) >= 11 is 0. The van der Waals surface area contributed by atoms with Gasteiger partial charge in [-0.25, -0.2) is 4.39 Å². The molecule has 2 amide bonds. The lowest BCUT2D eigenvalue weighted by Gasteiger charge is -2.33. The lowest BCUT2D eigenvalue weighted by atomic mass is 9.88. The molecule has 2 aliphatic heterocycles. The summed E-state index contributed by atoms with van der Waals surface area (Å²) in [6.45, 7) is 1.63. The van der Waals surface area contributed by atoms with E-state index in [0.29, 0.717) is 43.0 Å². The standard InChI is InChI=1S/C23H25F4N5O2/c24-19-12-17(32(20-2-1-9-29-30-20)22(34)16-13-28-14-16)3-4-18(19)15-6-10-31(11-7-15)21(33)5-8-23(25,26)27/h1-4,9,12,15-16,28H,5-8,10-11,13-14H2. The Balaban J connectivity index is 1.45. The molecule has 0 bridgehead atoms. The quantitative estimate of drug-likeness (QED) is 0.642. The average molecular weight is 479 g/mol. The van der Waals surface area contributed by atoms with Crippen LogP contribution in [0.1, 0.15) is 37.2 Å². The maximum atomic E-state index is 15.2. The van der Waals surface area contributed by atoms with Gasteiger partial charge in [0.25, 0.3) is 0 Å². The molecule has 11 heteroatoms. The summed E-state index contributed by atoms with van der Waals surface area (Å²) in [4.78, 5) is 27.9. The van der Waals surface area contributed by atoms with E-state index in [-0.39, 0.29) is 30.8 Å². The minimum Gasteiger partial charge on any atom is -0.343 e. The zero-order valence-electron chi connectivity index (χ0n) is 18.4. The van der Waals surface area contributed by atoms with Crippen LogP contribution in [0.3, 0.4) is 0 Å². The number of nitrogens with one attached hydrogen (secondary N) is 1. The van der Waals surface area contributed by atoms with E-state index in [1.165, 1.54) is 22.1 Å². The number of alkyl halides is 3. The molecule has 0 saturated carbocycles. The van der Waals surface area contributed by atoms with Gasteiger partial charge in [-0.3, -0.25) is 14.5 Å². The van der Waals surface area contributed by atoms with Crippen molar-refractivity contribution in [3.63, 3.8) is 0 Å². The first-order chi connectivity index (χ1) is 16.2. The molecule has 1 aromatic heterocycles. The van der Waals surface area contributed by atoms with Crippen LogP contribution in [-0.2, 0) is 9.59 Å². The van der Waals surface area contributed by atoms with Gasteiger partial charge in [0.1, 0.15) is 5.82 Å². The minimum atomic E-state index is -4.37. The van der Waals surface area contributed by atoms with Gasteiger partial charge in [-0.2, -0.15) is 18.3 Å². The van der Waals surface area contributed by atoms with E-state index in [1.54, 1.807) is 24.3 Å². The number of benzene rings is 1. The highest BCUT2D eigenvalue weighted by atomic mass is 19.4. The number of hydrogen-bond donors (Lipinski definition) is 1. The Morgan fingerprint density at radius 2 is 1.88 bits per heavy atom. The number of likely N-dealkylation sites (tertiary alicyclic amines) is 1. The number of aromatic nitrogens is 2. The van der Waals surface area contributed by atoms with Crippen LogP contribution in [0, 0.1) is 11.7 Å². The molecule has 0 aliphatic carbocycles. The van der Waals surface area contributed by atoms with E-state index in [4.69, 9.17) is 0 Å². The molecule has 7 nitrogen and oxygen atoms in total. The summed E-state index contributed by atoms with van der Waals surface area (Å²) in [7, 11) is 0. The van der Waals surface area contributed by atoms with Crippen molar-refractivity contribution >= 4 is 23.3 Å². The number of rotatable bonds is 6. The first-order valence-corrected chi connectivity index (χ1v) is 11.2. The third-order valence-corrected chi connectivity index (χ3v) is 6.29. The van der Waals surface area contributed by atoms with Crippen LogP contribution < -0.4 is 10.2 Å². The Bertz CT molecular complexity index is 1020. The Hall–Kier alpha value is -3.08.